The third kappa shape index (κ3) is 5.08. The minimum Gasteiger partial charge on any atom is -0.341 e. The van der Waals surface area contributed by atoms with Gasteiger partial charge in [0, 0.05) is 18.7 Å². The summed E-state index contributed by atoms with van der Waals surface area (Å²) in [5, 5.41) is 3.16. The summed E-state index contributed by atoms with van der Waals surface area (Å²) in [7, 11) is -3.64. The predicted octanol–water partition coefficient (Wildman–Crippen LogP) is 5.24. The quantitative estimate of drug-likeness (QED) is 0.529. The van der Waals surface area contributed by atoms with Gasteiger partial charge in [-0.25, -0.2) is 8.42 Å². The van der Waals surface area contributed by atoms with Crippen molar-refractivity contribution in [1.29, 1.82) is 0 Å². The van der Waals surface area contributed by atoms with Crippen molar-refractivity contribution in [1.82, 2.24) is 9.62 Å². The van der Waals surface area contributed by atoms with E-state index in [4.69, 9.17) is 0 Å². The second kappa shape index (κ2) is 10.1. The molecule has 1 N–H and O–H groups in total. The summed E-state index contributed by atoms with van der Waals surface area (Å²) in [5.41, 5.74) is 4.16. The number of nitrogens with one attached hydrogen (secondary N) is 1. The molecule has 178 valence electrons. The highest BCUT2D eigenvalue weighted by molar-refractivity contribution is 7.89. The van der Waals surface area contributed by atoms with E-state index in [1.54, 1.807) is 16.4 Å². The minimum absolute atomic E-state index is 0.171. The molecule has 3 aromatic carbocycles. The summed E-state index contributed by atoms with van der Waals surface area (Å²) in [6, 6.07) is 22.3. The number of benzene rings is 3. The summed E-state index contributed by atoms with van der Waals surface area (Å²) in [6.45, 7) is 7.04. The van der Waals surface area contributed by atoms with Crippen LogP contribution < -0.4 is 5.32 Å². The van der Waals surface area contributed by atoms with Crippen LogP contribution in [-0.4, -0.2) is 31.7 Å². The van der Waals surface area contributed by atoms with Crippen molar-refractivity contribution < 1.29 is 13.2 Å². The molecule has 1 saturated heterocycles. The molecule has 1 atom stereocenters. The number of rotatable bonds is 6. The van der Waals surface area contributed by atoms with E-state index in [0.29, 0.717) is 24.6 Å². The van der Waals surface area contributed by atoms with Gasteiger partial charge in [0.1, 0.15) is 0 Å². The van der Waals surface area contributed by atoms with Gasteiger partial charge in [-0.2, -0.15) is 4.31 Å². The lowest BCUT2D eigenvalue weighted by atomic mass is 9.94. The van der Waals surface area contributed by atoms with Gasteiger partial charge < -0.3 is 5.32 Å². The number of sulfonamides is 1. The molecule has 0 saturated carbocycles. The van der Waals surface area contributed by atoms with Crippen LogP contribution in [0.2, 0.25) is 0 Å². The third-order valence-corrected chi connectivity index (χ3v) is 8.64. The third-order valence-electron chi connectivity index (χ3n) is 6.74. The SMILES string of the molecule is Cc1ccc(S(=O)(=O)N2CCC(C)CC2)cc1C(=O)N[C@H](c1ccccc1)c1ccccc1C. The molecule has 1 fully saturated rings. The van der Waals surface area contributed by atoms with Crippen molar-refractivity contribution in [2.24, 2.45) is 5.92 Å². The molecular weight excluding hydrogens is 444 g/mol. The van der Waals surface area contributed by atoms with E-state index in [1.165, 1.54) is 6.07 Å². The largest absolute Gasteiger partial charge is 0.341 e. The Balaban J connectivity index is 1.66. The first-order chi connectivity index (χ1) is 16.3. The van der Waals surface area contributed by atoms with Gasteiger partial charge in [-0.1, -0.05) is 67.6 Å². The lowest BCUT2D eigenvalue weighted by Crippen LogP contribution is -2.38. The van der Waals surface area contributed by atoms with E-state index >= 15 is 0 Å². The molecule has 6 heteroatoms. The topological polar surface area (TPSA) is 66.5 Å². The fourth-order valence-electron chi connectivity index (χ4n) is 4.49. The van der Waals surface area contributed by atoms with Crippen LogP contribution in [-0.2, 0) is 10.0 Å². The van der Waals surface area contributed by atoms with Crippen molar-refractivity contribution in [3.63, 3.8) is 0 Å². The molecular formula is C28H32N2O3S. The maximum absolute atomic E-state index is 13.5. The number of aryl methyl sites for hydroxylation is 2. The van der Waals surface area contributed by atoms with Crippen LogP contribution in [0.1, 0.15) is 58.4 Å². The van der Waals surface area contributed by atoms with Crippen molar-refractivity contribution in [3.8, 4) is 0 Å². The fourth-order valence-corrected chi connectivity index (χ4v) is 5.98. The Labute approximate surface area is 202 Å². The van der Waals surface area contributed by atoms with Crippen molar-refractivity contribution in [2.45, 2.75) is 44.6 Å². The standard InChI is InChI=1S/C28H32N2O3S/c1-20-15-17-30(18-16-20)34(32,33)24-14-13-22(3)26(19-24)28(31)29-27(23-10-5-4-6-11-23)25-12-8-7-9-21(25)2/h4-14,19-20,27H,15-18H2,1-3H3,(H,29,31)/t27-/m1/s1. The first-order valence-electron chi connectivity index (χ1n) is 11.8. The Morgan fingerprint density at radius 3 is 2.24 bits per heavy atom. The van der Waals surface area contributed by atoms with Gasteiger partial charge in [0.05, 0.1) is 10.9 Å². The zero-order valence-corrected chi connectivity index (χ0v) is 20.8. The summed E-state index contributed by atoms with van der Waals surface area (Å²) in [5.74, 6) is 0.237. The number of piperidine rings is 1. The summed E-state index contributed by atoms with van der Waals surface area (Å²) in [4.78, 5) is 13.7. The van der Waals surface area contributed by atoms with E-state index in [-0.39, 0.29) is 16.8 Å². The van der Waals surface area contributed by atoms with E-state index in [2.05, 4.69) is 12.2 Å². The van der Waals surface area contributed by atoms with Gasteiger partial charge in [0.2, 0.25) is 10.0 Å². The van der Waals surface area contributed by atoms with Crippen LogP contribution >= 0.6 is 0 Å². The van der Waals surface area contributed by atoms with Gasteiger partial charge >= 0.3 is 0 Å². The number of hydrogen-bond acceptors (Lipinski definition) is 3. The Bertz CT molecular complexity index is 1260. The average Bonchev–Trinajstić information content (AvgIpc) is 2.84. The van der Waals surface area contributed by atoms with Crippen LogP contribution in [0.3, 0.4) is 0 Å². The number of nitrogens with zero attached hydrogens (tertiary/aromatic N) is 1. The van der Waals surface area contributed by atoms with Crippen LogP contribution in [0.25, 0.3) is 0 Å². The Morgan fingerprint density at radius 1 is 0.912 bits per heavy atom. The van der Waals surface area contributed by atoms with Crippen LogP contribution in [0.15, 0.2) is 77.7 Å². The molecule has 0 spiro atoms. The summed E-state index contributed by atoms with van der Waals surface area (Å²) in [6.07, 6.45) is 1.71. The molecule has 3 aromatic rings. The molecule has 0 radical (unpaired) electrons. The van der Waals surface area contributed by atoms with Gasteiger partial charge in [-0.3, -0.25) is 4.79 Å². The second-order valence-corrected chi connectivity index (χ2v) is 11.2. The maximum atomic E-state index is 13.5. The Kier molecular flexibility index (Phi) is 7.19. The molecule has 0 aromatic heterocycles. The molecule has 0 unspecified atom stereocenters. The number of carbonyl (C=O) groups excluding carboxylic acids is 1. The maximum Gasteiger partial charge on any atom is 0.252 e. The predicted molar refractivity (Wildman–Crippen MR) is 135 cm³/mol. The Morgan fingerprint density at radius 2 is 1.56 bits per heavy atom. The number of amides is 1. The van der Waals surface area contributed by atoms with Gasteiger partial charge in [0.25, 0.3) is 5.91 Å². The van der Waals surface area contributed by atoms with E-state index < -0.39 is 10.0 Å². The first-order valence-corrected chi connectivity index (χ1v) is 13.2. The van der Waals surface area contributed by atoms with E-state index in [1.807, 2.05) is 68.4 Å². The highest BCUT2D eigenvalue weighted by Crippen LogP contribution is 2.28. The normalized spacial score (nSPS) is 16.2. The van der Waals surface area contributed by atoms with Gasteiger partial charge in [0.15, 0.2) is 0 Å². The molecule has 1 aliphatic rings. The molecule has 1 amide bonds. The van der Waals surface area contributed by atoms with Crippen LogP contribution in [0.4, 0.5) is 0 Å². The Hall–Kier alpha value is -2.96. The highest BCUT2D eigenvalue weighted by Gasteiger charge is 2.29. The first kappa shape index (κ1) is 24.2. The lowest BCUT2D eigenvalue weighted by molar-refractivity contribution is 0.0942. The van der Waals surface area contributed by atoms with Crippen molar-refractivity contribution in [3.05, 3.63) is 101 Å². The van der Waals surface area contributed by atoms with E-state index in [0.717, 1.165) is 35.1 Å². The number of carbonyl (C=O) groups is 1. The molecule has 1 aliphatic heterocycles. The zero-order valence-electron chi connectivity index (χ0n) is 20.0. The summed E-state index contributed by atoms with van der Waals surface area (Å²) >= 11 is 0. The monoisotopic (exact) mass is 476 g/mol. The molecule has 34 heavy (non-hydrogen) atoms. The van der Waals surface area contributed by atoms with Crippen LogP contribution in [0, 0.1) is 19.8 Å². The second-order valence-electron chi connectivity index (χ2n) is 9.24. The van der Waals surface area contributed by atoms with Crippen molar-refractivity contribution in [2.75, 3.05) is 13.1 Å². The molecule has 4 rings (SSSR count). The van der Waals surface area contributed by atoms with Gasteiger partial charge in [-0.15, -0.1) is 0 Å². The van der Waals surface area contributed by atoms with Crippen LogP contribution in [0.5, 0.6) is 0 Å². The van der Waals surface area contributed by atoms with Gasteiger partial charge in [-0.05, 0) is 67.0 Å². The smallest absolute Gasteiger partial charge is 0.252 e. The minimum atomic E-state index is -3.64. The number of hydrogen-bond donors (Lipinski definition) is 1. The molecule has 5 nitrogen and oxygen atoms in total. The molecule has 1 heterocycles. The average molecular weight is 477 g/mol. The highest BCUT2D eigenvalue weighted by atomic mass is 32.2. The lowest BCUT2D eigenvalue weighted by Gasteiger charge is -2.29. The van der Waals surface area contributed by atoms with Crippen molar-refractivity contribution >= 4 is 15.9 Å². The fraction of sp³-hybridized carbons (Fsp3) is 0.321. The van der Waals surface area contributed by atoms with E-state index in [9.17, 15) is 13.2 Å². The summed E-state index contributed by atoms with van der Waals surface area (Å²) < 4.78 is 28.1. The zero-order chi connectivity index (χ0) is 24.3. The molecule has 0 aliphatic carbocycles. The molecule has 0 bridgehead atoms.